The molecule has 0 spiro atoms. The summed E-state index contributed by atoms with van der Waals surface area (Å²) in [6.07, 6.45) is 0.970. The summed E-state index contributed by atoms with van der Waals surface area (Å²) in [5.41, 5.74) is 6.29. The van der Waals surface area contributed by atoms with Gasteiger partial charge in [-0.3, -0.25) is 0 Å². The van der Waals surface area contributed by atoms with Crippen LogP contribution in [0.25, 0.3) is 0 Å². The van der Waals surface area contributed by atoms with E-state index in [9.17, 15) is 9.90 Å². The van der Waals surface area contributed by atoms with Gasteiger partial charge in [-0.05, 0) is 64.9 Å². The molecule has 1 aliphatic heterocycles. The lowest BCUT2D eigenvalue weighted by atomic mass is 9.75. The Labute approximate surface area is 162 Å². The Kier molecular flexibility index (Phi) is 3.73. The zero-order valence-corrected chi connectivity index (χ0v) is 15.3. The van der Waals surface area contributed by atoms with E-state index >= 15 is 0 Å². The van der Waals surface area contributed by atoms with E-state index in [-0.39, 0.29) is 12.0 Å². The molecule has 134 valence electrons. The summed E-state index contributed by atoms with van der Waals surface area (Å²) in [6.45, 7) is 0. The lowest BCUT2D eigenvalue weighted by Gasteiger charge is -2.38. The number of anilines is 1. The molecule has 1 heterocycles. The largest absolute Gasteiger partial charge is 0.478 e. The van der Waals surface area contributed by atoms with Gasteiger partial charge in [-0.1, -0.05) is 48.0 Å². The Morgan fingerprint density at radius 3 is 2.56 bits per heavy atom. The number of hydrogen-bond donors (Lipinski definition) is 2. The normalized spacial score (nSPS) is 22.3. The molecule has 3 atom stereocenters. The van der Waals surface area contributed by atoms with Gasteiger partial charge < -0.3 is 10.4 Å². The fourth-order valence-corrected chi connectivity index (χ4v) is 4.82. The molecule has 3 aromatic carbocycles. The summed E-state index contributed by atoms with van der Waals surface area (Å²) in [7, 11) is 0. The molecule has 0 amide bonds. The molecule has 0 saturated carbocycles. The maximum atomic E-state index is 11.5. The summed E-state index contributed by atoms with van der Waals surface area (Å²) in [5.74, 6) is -0.363. The van der Waals surface area contributed by atoms with Crippen LogP contribution >= 0.6 is 11.6 Å². The molecule has 3 nitrogen and oxygen atoms in total. The Hall–Kier alpha value is -2.78. The van der Waals surface area contributed by atoms with E-state index in [1.165, 1.54) is 16.7 Å². The van der Waals surface area contributed by atoms with Crippen molar-refractivity contribution in [3.8, 4) is 0 Å². The second-order valence-corrected chi connectivity index (χ2v) is 7.76. The van der Waals surface area contributed by atoms with Crippen molar-refractivity contribution < 1.29 is 9.90 Å². The molecule has 0 bridgehead atoms. The van der Waals surface area contributed by atoms with Crippen molar-refractivity contribution in [2.24, 2.45) is 5.92 Å². The van der Waals surface area contributed by atoms with Crippen molar-refractivity contribution in [2.75, 3.05) is 5.32 Å². The highest BCUT2D eigenvalue weighted by Gasteiger charge is 2.43. The molecule has 0 unspecified atom stereocenters. The monoisotopic (exact) mass is 375 g/mol. The van der Waals surface area contributed by atoms with Crippen LogP contribution in [0.1, 0.15) is 44.6 Å². The van der Waals surface area contributed by atoms with Gasteiger partial charge in [-0.25, -0.2) is 4.79 Å². The highest BCUT2D eigenvalue weighted by molar-refractivity contribution is 6.30. The van der Waals surface area contributed by atoms with Gasteiger partial charge in [0.05, 0.1) is 11.6 Å². The average molecular weight is 376 g/mol. The fourth-order valence-electron chi connectivity index (χ4n) is 4.69. The minimum Gasteiger partial charge on any atom is -0.478 e. The van der Waals surface area contributed by atoms with Crippen molar-refractivity contribution in [2.45, 2.75) is 18.4 Å². The Balaban J connectivity index is 1.68. The van der Waals surface area contributed by atoms with E-state index in [1.54, 1.807) is 6.07 Å². The molecule has 0 fully saturated rings. The fraction of sp³-hybridized carbons (Fsp3) is 0.174. The van der Waals surface area contributed by atoms with Gasteiger partial charge in [0, 0.05) is 16.6 Å². The number of rotatable bonds is 2. The second-order valence-electron chi connectivity index (χ2n) is 7.33. The molecule has 1 aliphatic carbocycles. The first-order valence-corrected chi connectivity index (χ1v) is 9.46. The number of aromatic carboxylic acids is 1. The van der Waals surface area contributed by atoms with Crippen LogP contribution in [0, 0.1) is 5.92 Å². The number of carbonyl (C=O) groups is 1. The van der Waals surface area contributed by atoms with E-state index in [1.807, 2.05) is 24.3 Å². The first-order chi connectivity index (χ1) is 13.1. The minimum atomic E-state index is -0.888. The summed E-state index contributed by atoms with van der Waals surface area (Å²) in [6, 6.07) is 22.1. The zero-order chi connectivity index (χ0) is 18.5. The summed E-state index contributed by atoms with van der Waals surface area (Å²) < 4.78 is 0. The lowest BCUT2D eigenvalue weighted by molar-refractivity contribution is 0.0696. The van der Waals surface area contributed by atoms with Crippen LogP contribution in [0.3, 0.4) is 0 Å². The Morgan fingerprint density at radius 2 is 1.78 bits per heavy atom. The number of carboxylic acid groups (broad SMARTS) is 1. The van der Waals surface area contributed by atoms with Gasteiger partial charge in [-0.2, -0.15) is 0 Å². The van der Waals surface area contributed by atoms with Gasteiger partial charge in [-0.15, -0.1) is 0 Å². The van der Waals surface area contributed by atoms with Crippen molar-refractivity contribution >= 4 is 23.3 Å². The van der Waals surface area contributed by atoms with Crippen LogP contribution in [0.15, 0.2) is 66.7 Å². The third-order valence-corrected chi connectivity index (χ3v) is 6.13. The number of fused-ring (bicyclic) bond motifs is 5. The summed E-state index contributed by atoms with van der Waals surface area (Å²) in [5, 5.41) is 13.8. The zero-order valence-electron chi connectivity index (χ0n) is 14.5. The molecule has 0 saturated heterocycles. The molecule has 0 aromatic heterocycles. The van der Waals surface area contributed by atoms with E-state index < -0.39 is 5.97 Å². The van der Waals surface area contributed by atoms with Crippen molar-refractivity contribution in [3.63, 3.8) is 0 Å². The molecule has 5 rings (SSSR count). The standard InChI is InChI=1S/C23H18ClNO2/c24-16-8-5-13(6-9-16)22-19-11-14-3-1-2-4-17(14)21(19)18-12-15(23(26)27)7-10-20(18)25-22/h1-10,12,19,21-22,25H,11H2,(H,26,27)/t19-,21-,22-/m0/s1. The van der Waals surface area contributed by atoms with Crippen LogP contribution in [-0.2, 0) is 6.42 Å². The summed E-state index contributed by atoms with van der Waals surface area (Å²) in [4.78, 5) is 11.5. The number of hydrogen-bond acceptors (Lipinski definition) is 2. The van der Waals surface area contributed by atoms with Gasteiger partial charge in [0.25, 0.3) is 0 Å². The molecule has 2 aliphatic rings. The van der Waals surface area contributed by atoms with Crippen LogP contribution in [-0.4, -0.2) is 11.1 Å². The first-order valence-electron chi connectivity index (χ1n) is 9.09. The predicted octanol–water partition coefficient (Wildman–Crippen LogP) is 5.51. The lowest BCUT2D eigenvalue weighted by Crippen LogP contribution is -2.30. The number of benzene rings is 3. The predicted molar refractivity (Wildman–Crippen MR) is 107 cm³/mol. The highest BCUT2D eigenvalue weighted by atomic mass is 35.5. The maximum absolute atomic E-state index is 11.5. The highest BCUT2D eigenvalue weighted by Crippen LogP contribution is 2.53. The van der Waals surface area contributed by atoms with Gasteiger partial charge in [0.15, 0.2) is 0 Å². The van der Waals surface area contributed by atoms with Crippen LogP contribution in [0.5, 0.6) is 0 Å². The molecule has 2 N–H and O–H groups in total. The number of nitrogens with one attached hydrogen (secondary N) is 1. The maximum Gasteiger partial charge on any atom is 0.335 e. The van der Waals surface area contributed by atoms with Gasteiger partial charge >= 0.3 is 5.97 Å². The minimum absolute atomic E-state index is 0.155. The second kappa shape index (κ2) is 6.14. The smallest absolute Gasteiger partial charge is 0.335 e. The van der Waals surface area contributed by atoms with Gasteiger partial charge in [0.2, 0.25) is 0 Å². The third-order valence-electron chi connectivity index (χ3n) is 5.88. The van der Waals surface area contributed by atoms with Crippen LogP contribution in [0.4, 0.5) is 5.69 Å². The Morgan fingerprint density at radius 1 is 1.00 bits per heavy atom. The molecular weight excluding hydrogens is 358 g/mol. The molecule has 27 heavy (non-hydrogen) atoms. The number of carboxylic acids is 1. The van der Waals surface area contributed by atoms with E-state index in [4.69, 9.17) is 11.6 Å². The van der Waals surface area contributed by atoms with E-state index in [0.717, 1.165) is 22.7 Å². The van der Waals surface area contributed by atoms with Gasteiger partial charge in [0.1, 0.15) is 0 Å². The average Bonchev–Trinajstić information content (AvgIpc) is 3.07. The van der Waals surface area contributed by atoms with E-state index in [0.29, 0.717) is 11.5 Å². The van der Waals surface area contributed by atoms with Crippen LogP contribution < -0.4 is 5.32 Å². The third kappa shape index (κ3) is 2.62. The SMILES string of the molecule is O=C(O)c1ccc2c(c1)[C@@H]1c3ccccc3C[C@@H]1[C@H](c1ccc(Cl)cc1)N2. The van der Waals surface area contributed by atoms with Crippen molar-refractivity contribution in [1.29, 1.82) is 0 Å². The molecule has 4 heteroatoms. The topological polar surface area (TPSA) is 49.3 Å². The Bertz CT molecular complexity index is 1040. The van der Waals surface area contributed by atoms with Crippen molar-refractivity contribution in [1.82, 2.24) is 0 Å². The molecular formula is C23H18ClNO2. The molecule has 0 radical (unpaired) electrons. The first kappa shape index (κ1) is 16.4. The number of halogens is 1. The quantitative estimate of drug-likeness (QED) is 0.621. The van der Waals surface area contributed by atoms with Crippen LogP contribution in [0.2, 0.25) is 5.02 Å². The molecule has 3 aromatic rings. The van der Waals surface area contributed by atoms with E-state index in [2.05, 4.69) is 41.7 Å². The summed E-state index contributed by atoms with van der Waals surface area (Å²) >= 11 is 6.09. The van der Waals surface area contributed by atoms with Crippen molar-refractivity contribution in [3.05, 3.63) is 99.6 Å².